The highest BCUT2D eigenvalue weighted by Crippen LogP contribution is 2.38. The average Bonchev–Trinajstić information content (AvgIpc) is 3.19. The molecule has 1 unspecified atom stereocenters. The van der Waals surface area contributed by atoms with Crippen molar-refractivity contribution in [3.63, 3.8) is 0 Å². The smallest absolute Gasteiger partial charge is 0.264 e. The number of thiophene rings is 1. The predicted octanol–water partition coefficient (Wildman–Crippen LogP) is 1.51. The maximum absolute atomic E-state index is 13.4. The maximum Gasteiger partial charge on any atom is 0.264 e. The lowest BCUT2D eigenvalue weighted by Gasteiger charge is -2.33. The van der Waals surface area contributed by atoms with Gasteiger partial charge in [0.05, 0.1) is 44.0 Å². The van der Waals surface area contributed by atoms with Gasteiger partial charge in [-0.25, -0.2) is 0 Å². The topological polar surface area (TPSA) is 80.3 Å². The van der Waals surface area contributed by atoms with E-state index < -0.39 is 0 Å². The van der Waals surface area contributed by atoms with Crippen LogP contribution in [0, 0.1) is 0 Å². The molecule has 2 fully saturated rings. The summed E-state index contributed by atoms with van der Waals surface area (Å²) in [5.74, 6) is 0.00928. The minimum atomic E-state index is -0.253. The third-order valence-electron chi connectivity index (χ3n) is 5.59. The van der Waals surface area contributed by atoms with Crippen molar-refractivity contribution in [1.82, 2.24) is 15.1 Å². The van der Waals surface area contributed by atoms with E-state index in [9.17, 15) is 9.59 Å². The van der Waals surface area contributed by atoms with Crippen LogP contribution in [0.1, 0.15) is 21.3 Å². The van der Waals surface area contributed by atoms with Gasteiger partial charge in [-0.15, -0.1) is 11.3 Å². The van der Waals surface area contributed by atoms with Gasteiger partial charge in [-0.05, 0) is 11.5 Å². The molecule has 0 radical (unpaired) electrons. The molecular weight excluding hydrogens is 418 g/mol. The van der Waals surface area contributed by atoms with Crippen molar-refractivity contribution in [1.29, 1.82) is 0 Å². The van der Waals surface area contributed by atoms with Gasteiger partial charge in [-0.2, -0.15) is 0 Å². The van der Waals surface area contributed by atoms with Crippen LogP contribution < -0.4 is 5.32 Å². The fraction of sp³-hybridized carbons (Fsp3) is 0.545. The summed E-state index contributed by atoms with van der Waals surface area (Å²) in [5, 5.41) is 3.92. The number of carbonyl (C=O) groups is 2. The van der Waals surface area contributed by atoms with Crippen LogP contribution in [0.4, 0.5) is 0 Å². The number of benzene rings is 1. The van der Waals surface area contributed by atoms with Crippen molar-refractivity contribution in [2.75, 3.05) is 72.8 Å². The predicted molar refractivity (Wildman–Crippen MR) is 119 cm³/mol. The second kappa shape index (κ2) is 10.5. The molecule has 2 aliphatic heterocycles. The molecule has 0 saturated carbocycles. The van der Waals surface area contributed by atoms with Gasteiger partial charge >= 0.3 is 0 Å². The van der Waals surface area contributed by atoms with Gasteiger partial charge in [0, 0.05) is 50.1 Å². The number of nitrogens with zero attached hydrogens (tertiary/aromatic N) is 2. The minimum absolute atomic E-state index is 0.0301. The first-order valence-electron chi connectivity index (χ1n) is 10.7. The summed E-state index contributed by atoms with van der Waals surface area (Å²) in [7, 11) is 1.61. The Hall–Kier alpha value is -2.04. The lowest BCUT2D eigenvalue weighted by atomic mass is 10.0. The molecule has 0 bridgehead atoms. The van der Waals surface area contributed by atoms with Gasteiger partial charge in [-0.3, -0.25) is 14.5 Å². The molecule has 3 heterocycles. The number of methoxy groups -OCH3 is 1. The first kappa shape index (κ1) is 22.2. The monoisotopic (exact) mass is 447 g/mol. The number of hydrogen-bond donors (Lipinski definition) is 1. The van der Waals surface area contributed by atoms with E-state index in [0.29, 0.717) is 65.7 Å². The second-order valence-corrected chi connectivity index (χ2v) is 8.74. The van der Waals surface area contributed by atoms with Crippen molar-refractivity contribution in [3.05, 3.63) is 34.7 Å². The molecule has 2 aromatic rings. The number of carbonyl (C=O) groups excluding carboxylic acids is 2. The number of fused-ring (bicyclic) bond motifs is 1. The molecule has 0 spiro atoms. The van der Waals surface area contributed by atoms with Gasteiger partial charge in [-0.1, -0.05) is 18.2 Å². The number of nitrogens with one attached hydrogen (secondary N) is 1. The Kier molecular flexibility index (Phi) is 7.52. The number of morpholine rings is 2. The molecule has 4 rings (SSSR count). The highest BCUT2D eigenvalue weighted by Gasteiger charge is 2.32. The zero-order valence-corrected chi connectivity index (χ0v) is 18.6. The van der Waals surface area contributed by atoms with E-state index >= 15 is 0 Å². The van der Waals surface area contributed by atoms with Crippen LogP contribution in [0.3, 0.4) is 0 Å². The minimum Gasteiger partial charge on any atom is -0.383 e. The van der Waals surface area contributed by atoms with E-state index in [1.54, 1.807) is 7.11 Å². The molecule has 2 saturated heterocycles. The molecule has 8 nitrogen and oxygen atoms in total. The average molecular weight is 448 g/mol. The summed E-state index contributed by atoms with van der Waals surface area (Å²) >= 11 is 1.52. The summed E-state index contributed by atoms with van der Waals surface area (Å²) in [4.78, 5) is 30.3. The van der Waals surface area contributed by atoms with Crippen LogP contribution in [-0.2, 0) is 19.0 Å². The molecule has 1 N–H and O–H groups in total. The third kappa shape index (κ3) is 5.24. The molecule has 1 atom stereocenters. The quantitative estimate of drug-likeness (QED) is 0.648. The van der Waals surface area contributed by atoms with E-state index in [1.807, 2.05) is 23.1 Å². The van der Waals surface area contributed by atoms with Crippen molar-refractivity contribution in [3.8, 4) is 0 Å². The van der Waals surface area contributed by atoms with Crippen LogP contribution in [0.5, 0.6) is 0 Å². The van der Waals surface area contributed by atoms with Gasteiger partial charge in [0.25, 0.3) is 5.91 Å². The van der Waals surface area contributed by atoms with Crippen molar-refractivity contribution in [2.24, 2.45) is 0 Å². The van der Waals surface area contributed by atoms with E-state index in [2.05, 4.69) is 16.3 Å². The molecular formula is C22H29N3O5S. The van der Waals surface area contributed by atoms with E-state index in [4.69, 9.17) is 14.2 Å². The maximum atomic E-state index is 13.4. The van der Waals surface area contributed by atoms with Crippen LogP contribution in [0.15, 0.2) is 24.3 Å². The lowest BCUT2D eigenvalue weighted by Crippen LogP contribution is -2.45. The van der Waals surface area contributed by atoms with Crippen molar-refractivity contribution < 1.29 is 23.8 Å². The van der Waals surface area contributed by atoms with Crippen LogP contribution >= 0.6 is 11.3 Å². The number of hydrogen-bond acceptors (Lipinski definition) is 7. The SMILES string of the molecule is COCCNC(=O)CN1CCOC(c2c(C(=O)N3CCOCC3)sc3ccccc23)C1. The van der Waals surface area contributed by atoms with Crippen molar-refractivity contribution in [2.45, 2.75) is 6.10 Å². The standard InChI is InChI=1S/C22H29N3O5S/c1-28-10-6-23-19(26)15-24-7-13-30-17(14-24)20-16-4-2-3-5-18(16)31-21(20)22(27)25-8-11-29-12-9-25/h2-5,17H,6-15H2,1H3,(H,23,26). The van der Waals surface area contributed by atoms with Gasteiger partial charge in [0.2, 0.25) is 5.91 Å². The first-order valence-corrected chi connectivity index (χ1v) is 11.5. The Morgan fingerprint density at radius 2 is 2.00 bits per heavy atom. The fourth-order valence-electron chi connectivity index (χ4n) is 4.03. The van der Waals surface area contributed by atoms with Crippen LogP contribution in [0.25, 0.3) is 10.1 Å². The van der Waals surface area contributed by atoms with Crippen molar-refractivity contribution >= 4 is 33.2 Å². The summed E-state index contributed by atoms with van der Waals surface area (Å²) in [5.41, 5.74) is 0.946. The molecule has 31 heavy (non-hydrogen) atoms. The molecule has 168 valence electrons. The number of ether oxygens (including phenoxy) is 3. The first-order chi connectivity index (χ1) is 15.2. The summed E-state index contributed by atoms with van der Waals surface area (Å²) < 4.78 is 17.6. The van der Waals surface area contributed by atoms with E-state index in [0.717, 1.165) is 20.5 Å². The molecule has 1 aromatic carbocycles. The number of amides is 2. The Balaban J connectivity index is 1.54. The number of rotatable bonds is 7. The largest absolute Gasteiger partial charge is 0.383 e. The van der Waals surface area contributed by atoms with E-state index in [1.165, 1.54) is 11.3 Å². The van der Waals surface area contributed by atoms with Crippen LogP contribution in [0.2, 0.25) is 0 Å². The Bertz CT molecular complexity index is 912. The Labute approximate surface area is 186 Å². The second-order valence-electron chi connectivity index (χ2n) is 7.68. The molecule has 0 aliphatic carbocycles. The fourth-order valence-corrected chi connectivity index (χ4v) is 5.25. The lowest BCUT2D eigenvalue weighted by molar-refractivity contribution is -0.124. The Morgan fingerprint density at radius 1 is 1.19 bits per heavy atom. The van der Waals surface area contributed by atoms with Gasteiger partial charge < -0.3 is 24.4 Å². The third-order valence-corrected chi connectivity index (χ3v) is 6.77. The molecule has 1 aromatic heterocycles. The highest BCUT2D eigenvalue weighted by atomic mass is 32.1. The van der Waals surface area contributed by atoms with Crippen LogP contribution in [-0.4, -0.2) is 94.4 Å². The van der Waals surface area contributed by atoms with E-state index in [-0.39, 0.29) is 17.9 Å². The summed E-state index contributed by atoms with van der Waals surface area (Å²) in [6.45, 7) is 5.41. The summed E-state index contributed by atoms with van der Waals surface area (Å²) in [6.07, 6.45) is -0.253. The summed E-state index contributed by atoms with van der Waals surface area (Å²) in [6, 6.07) is 8.08. The molecule has 2 amide bonds. The zero-order chi connectivity index (χ0) is 21.6. The van der Waals surface area contributed by atoms with Gasteiger partial charge in [0.1, 0.15) is 0 Å². The normalized spacial score (nSPS) is 20.2. The molecule has 2 aliphatic rings. The highest BCUT2D eigenvalue weighted by molar-refractivity contribution is 7.21. The van der Waals surface area contributed by atoms with Gasteiger partial charge in [0.15, 0.2) is 0 Å². The molecule has 9 heteroatoms. The zero-order valence-electron chi connectivity index (χ0n) is 17.8. The Morgan fingerprint density at radius 3 is 2.81 bits per heavy atom.